The van der Waals surface area contributed by atoms with Crippen LogP contribution in [-0.4, -0.2) is 41.8 Å². The highest BCUT2D eigenvalue weighted by Crippen LogP contribution is 2.16. The minimum atomic E-state index is -3.61. The van der Waals surface area contributed by atoms with E-state index in [2.05, 4.69) is 10.1 Å². The first-order chi connectivity index (χ1) is 11.8. The Balaban J connectivity index is 1.96. The zero-order valence-corrected chi connectivity index (χ0v) is 15.3. The largest absolute Gasteiger partial charge is 0.489 e. The molecule has 0 spiro atoms. The van der Waals surface area contributed by atoms with Crippen molar-refractivity contribution in [2.75, 3.05) is 18.9 Å². The summed E-state index contributed by atoms with van der Waals surface area (Å²) in [6.45, 7) is 5.65. The number of aromatic nitrogens is 2. The minimum absolute atomic E-state index is 0.00173. The van der Waals surface area contributed by atoms with Gasteiger partial charge in [0.2, 0.25) is 15.9 Å². The maximum atomic E-state index is 13.5. The fourth-order valence-electron chi connectivity index (χ4n) is 2.07. The van der Waals surface area contributed by atoms with Crippen LogP contribution in [0, 0.1) is 5.82 Å². The van der Waals surface area contributed by atoms with Gasteiger partial charge in [0, 0.05) is 12.5 Å². The van der Waals surface area contributed by atoms with E-state index in [1.807, 2.05) is 13.8 Å². The molecular formula is C16H22FN3O4S. The second kappa shape index (κ2) is 8.39. The van der Waals surface area contributed by atoms with Gasteiger partial charge in [0.1, 0.15) is 6.61 Å². The highest BCUT2D eigenvalue weighted by atomic mass is 32.2. The lowest BCUT2D eigenvalue weighted by Crippen LogP contribution is -2.34. The number of para-hydroxylation sites is 1. The van der Waals surface area contributed by atoms with Crippen LogP contribution in [0.25, 0.3) is 0 Å². The quantitative estimate of drug-likeness (QED) is 0.673. The molecule has 0 saturated carbocycles. The molecule has 25 heavy (non-hydrogen) atoms. The number of benzene rings is 1. The minimum Gasteiger partial charge on any atom is -0.489 e. The van der Waals surface area contributed by atoms with Gasteiger partial charge in [0.05, 0.1) is 12.3 Å². The molecule has 0 amide bonds. The molecule has 7 nitrogen and oxygen atoms in total. The lowest BCUT2D eigenvalue weighted by molar-refractivity contribution is 0.305. The molecule has 0 radical (unpaired) electrons. The fourth-order valence-corrected chi connectivity index (χ4v) is 3.32. The number of halogens is 1. The molecule has 9 heteroatoms. The Labute approximate surface area is 146 Å². The van der Waals surface area contributed by atoms with Gasteiger partial charge in [-0.05, 0) is 12.1 Å². The van der Waals surface area contributed by atoms with Gasteiger partial charge in [-0.25, -0.2) is 12.8 Å². The van der Waals surface area contributed by atoms with E-state index in [9.17, 15) is 12.8 Å². The topological polar surface area (TPSA) is 85.5 Å². The van der Waals surface area contributed by atoms with Gasteiger partial charge < -0.3 is 9.26 Å². The molecule has 0 N–H and O–H groups in total. The number of hydrogen-bond donors (Lipinski definition) is 0. The standard InChI is InChI=1S/C16H22FN3O4S/c1-4-20(11-15-18-16(12(2)3)19-24-15)25(21,22)10-9-23-14-8-6-5-7-13(14)17/h5-8,12H,4,9-11H2,1-3H3. The summed E-state index contributed by atoms with van der Waals surface area (Å²) in [5, 5.41) is 3.82. The molecule has 0 aliphatic carbocycles. The van der Waals surface area contributed by atoms with Crippen molar-refractivity contribution in [3.05, 3.63) is 41.8 Å². The lowest BCUT2D eigenvalue weighted by Gasteiger charge is -2.18. The average Bonchev–Trinajstić information content (AvgIpc) is 3.03. The van der Waals surface area contributed by atoms with Crippen LogP contribution in [0.1, 0.15) is 38.4 Å². The summed E-state index contributed by atoms with van der Waals surface area (Å²) in [6.07, 6.45) is 0. The zero-order valence-electron chi connectivity index (χ0n) is 14.5. The molecule has 0 atom stereocenters. The third-order valence-electron chi connectivity index (χ3n) is 3.49. The molecule has 2 rings (SSSR count). The van der Waals surface area contributed by atoms with Crippen molar-refractivity contribution in [1.82, 2.24) is 14.4 Å². The molecule has 0 unspecified atom stereocenters. The Kier molecular flexibility index (Phi) is 6.49. The maximum absolute atomic E-state index is 13.5. The summed E-state index contributed by atoms with van der Waals surface area (Å²) in [4.78, 5) is 4.19. The predicted molar refractivity (Wildman–Crippen MR) is 90.2 cm³/mol. The van der Waals surface area contributed by atoms with Crippen molar-refractivity contribution in [3.63, 3.8) is 0 Å². The van der Waals surface area contributed by atoms with Crippen LogP contribution in [0.15, 0.2) is 28.8 Å². The van der Waals surface area contributed by atoms with Crippen molar-refractivity contribution in [1.29, 1.82) is 0 Å². The van der Waals surface area contributed by atoms with Crippen LogP contribution in [0.3, 0.4) is 0 Å². The van der Waals surface area contributed by atoms with Crippen molar-refractivity contribution >= 4 is 10.0 Å². The van der Waals surface area contributed by atoms with Crippen molar-refractivity contribution in [2.45, 2.75) is 33.2 Å². The summed E-state index contributed by atoms with van der Waals surface area (Å²) in [5.74, 6) is 0.0905. The first kappa shape index (κ1) is 19.3. The Morgan fingerprint density at radius 3 is 2.64 bits per heavy atom. The van der Waals surface area contributed by atoms with E-state index in [1.165, 1.54) is 22.5 Å². The SMILES string of the molecule is CCN(Cc1nc(C(C)C)no1)S(=O)(=O)CCOc1ccccc1F. The lowest BCUT2D eigenvalue weighted by atomic mass is 10.2. The summed E-state index contributed by atoms with van der Waals surface area (Å²) < 4.78 is 49.9. The normalized spacial score (nSPS) is 12.1. The van der Waals surface area contributed by atoms with E-state index in [4.69, 9.17) is 9.26 Å². The van der Waals surface area contributed by atoms with Crippen molar-refractivity contribution in [3.8, 4) is 5.75 Å². The molecule has 0 saturated heterocycles. The van der Waals surface area contributed by atoms with Gasteiger partial charge in [-0.1, -0.05) is 38.1 Å². The van der Waals surface area contributed by atoms with Crippen LogP contribution in [0.5, 0.6) is 5.75 Å². The van der Waals surface area contributed by atoms with Crippen molar-refractivity contribution in [2.24, 2.45) is 0 Å². The Hall–Kier alpha value is -2.00. The third-order valence-corrected chi connectivity index (χ3v) is 5.35. The fraction of sp³-hybridized carbons (Fsp3) is 0.500. The highest BCUT2D eigenvalue weighted by Gasteiger charge is 2.23. The molecule has 1 aromatic heterocycles. The number of ether oxygens (including phenoxy) is 1. The van der Waals surface area contributed by atoms with Gasteiger partial charge in [-0.15, -0.1) is 0 Å². The predicted octanol–water partition coefficient (Wildman–Crippen LogP) is 2.56. The molecule has 1 aromatic carbocycles. The highest BCUT2D eigenvalue weighted by molar-refractivity contribution is 7.89. The van der Waals surface area contributed by atoms with E-state index in [-0.39, 0.29) is 43.0 Å². The summed E-state index contributed by atoms with van der Waals surface area (Å²) in [5.41, 5.74) is 0. The number of sulfonamides is 1. The van der Waals surface area contributed by atoms with Gasteiger partial charge in [-0.2, -0.15) is 9.29 Å². The maximum Gasteiger partial charge on any atom is 0.241 e. The summed E-state index contributed by atoms with van der Waals surface area (Å²) in [6, 6.07) is 5.86. The smallest absolute Gasteiger partial charge is 0.241 e. The monoisotopic (exact) mass is 371 g/mol. The molecule has 1 heterocycles. The summed E-state index contributed by atoms with van der Waals surface area (Å²) >= 11 is 0. The Morgan fingerprint density at radius 1 is 1.32 bits per heavy atom. The molecular weight excluding hydrogens is 349 g/mol. The van der Waals surface area contributed by atoms with Gasteiger partial charge in [0.15, 0.2) is 17.4 Å². The van der Waals surface area contributed by atoms with Crippen LogP contribution < -0.4 is 4.74 Å². The summed E-state index contributed by atoms with van der Waals surface area (Å²) in [7, 11) is -3.61. The van der Waals surface area contributed by atoms with E-state index in [0.29, 0.717) is 5.82 Å². The number of hydrogen-bond acceptors (Lipinski definition) is 6. The number of nitrogens with zero attached hydrogens (tertiary/aromatic N) is 3. The zero-order chi connectivity index (χ0) is 18.4. The van der Waals surface area contributed by atoms with Crippen LogP contribution >= 0.6 is 0 Å². The Morgan fingerprint density at radius 2 is 2.04 bits per heavy atom. The van der Waals surface area contributed by atoms with Crippen LogP contribution in [0.2, 0.25) is 0 Å². The Bertz CT molecular complexity index is 792. The van der Waals surface area contributed by atoms with Gasteiger partial charge in [-0.3, -0.25) is 0 Å². The molecule has 2 aromatic rings. The van der Waals surface area contributed by atoms with Crippen LogP contribution in [-0.2, 0) is 16.6 Å². The van der Waals surface area contributed by atoms with E-state index in [0.717, 1.165) is 0 Å². The average molecular weight is 371 g/mol. The van der Waals surface area contributed by atoms with Crippen LogP contribution in [0.4, 0.5) is 4.39 Å². The molecule has 0 bridgehead atoms. The first-order valence-electron chi connectivity index (χ1n) is 8.01. The second-order valence-electron chi connectivity index (χ2n) is 5.72. The molecule has 0 aliphatic heterocycles. The first-order valence-corrected chi connectivity index (χ1v) is 9.62. The van der Waals surface area contributed by atoms with Gasteiger partial charge in [0.25, 0.3) is 0 Å². The van der Waals surface area contributed by atoms with Crippen molar-refractivity contribution < 1.29 is 22.1 Å². The van der Waals surface area contributed by atoms with E-state index < -0.39 is 15.8 Å². The number of rotatable bonds is 9. The molecule has 0 fully saturated rings. The third kappa shape index (κ3) is 5.23. The van der Waals surface area contributed by atoms with E-state index >= 15 is 0 Å². The molecule has 0 aliphatic rings. The second-order valence-corrected chi connectivity index (χ2v) is 7.81. The van der Waals surface area contributed by atoms with E-state index in [1.54, 1.807) is 13.0 Å². The van der Waals surface area contributed by atoms with Gasteiger partial charge >= 0.3 is 0 Å². The molecule has 138 valence electrons.